The van der Waals surface area contributed by atoms with Gasteiger partial charge in [-0.2, -0.15) is 0 Å². The summed E-state index contributed by atoms with van der Waals surface area (Å²) >= 11 is 0. The number of rotatable bonds is 3. The molecule has 0 aromatic heterocycles. The zero-order valence-electron chi connectivity index (χ0n) is 15.7. The van der Waals surface area contributed by atoms with E-state index in [1.165, 1.54) is 0 Å². The summed E-state index contributed by atoms with van der Waals surface area (Å²) in [4.78, 5) is 15.2. The van der Waals surface area contributed by atoms with Crippen LogP contribution in [-0.4, -0.2) is 31.2 Å². The Labute approximate surface area is 159 Å². The summed E-state index contributed by atoms with van der Waals surface area (Å²) in [7, 11) is 0. The highest BCUT2D eigenvalue weighted by atomic mass is 16.5. The van der Waals surface area contributed by atoms with E-state index >= 15 is 0 Å². The molecule has 3 aromatic carbocycles. The molecule has 1 heterocycles. The Bertz CT molecular complexity index is 959. The summed E-state index contributed by atoms with van der Waals surface area (Å²) < 4.78 is 5.84. The van der Waals surface area contributed by atoms with Crippen molar-refractivity contribution in [1.82, 2.24) is 0 Å². The lowest BCUT2D eigenvalue weighted by atomic mass is 10.1. The fraction of sp³-hybridized carbons (Fsp3) is 0.261. The van der Waals surface area contributed by atoms with E-state index in [1.54, 1.807) is 0 Å². The number of hydrogen-bond donors (Lipinski definition) is 1. The van der Waals surface area contributed by atoms with Gasteiger partial charge in [-0.15, -0.1) is 0 Å². The standard InChI is InChI=1S/C23H24N2O2/c1-16-14-25(15-17(2)27-16)22-10-6-5-9-21(22)24-23(26)20-12-11-18-7-3-4-8-19(18)13-20/h3-13,16-17H,14-15H2,1-2H3,(H,24,26). The molecule has 0 saturated carbocycles. The van der Waals surface area contributed by atoms with E-state index in [0.717, 1.165) is 35.2 Å². The van der Waals surface area contributed by atoms with Gasteiger partial charge in [-0.05, 0) is 48.9 Å². The lowest BCUT2D eigenvalue weighted by molar-refractivity contribution is -0.00517. The summed E-state index contributed by atoms with van der Waals surface area (Å²) in [5.74, 6) is -0.0949. The Morgan fingerprint density at radius 3 is 2.37 bits per heavy atom. The second kappa shape index (κ2) is 7.41. The molecule has 4 nitrogen and oxygen atoms in total. The topological polar surface area (TPSA) is 41.6 Å². The lowest BCUT2D eigenvalue weighted by Crippen LogP contribution is -2.45. The predicted molar refractivity (Wildman–Crippen MR) is 111 cm³/mol. The predicted octanol–water partition coefficient (Wildman–Crippen LogP) is 4.71. The van der Waals surface area contributed by atoms with Gasteiger partial charge < -0.3 is 15.0 Å². The number of ether oxygens (including phenoxy) is 1. The highest BCUT2D eigenvalue weighted by molar-refractivity contribution is 6.07. The number of fused-ring (bicyclic) bond motifs is 1. The van der Waals surface area contributed by atoms with Crippen LogP contribution in [0, 0.1) is 0 Å². The van der Waals surface area contributed by atoms with Crippen LogP contribution in [0.1, 0.15) is 24.2 Å². The molecule has 2 atom stereocenters. The quantitative estimate of drug-likeness (QED) is 0.736. The van der Waals surface area contributed by atoms with Crippen molar-refractivity contribution >= 4 is 28.1 Å². The van der Waals surface area contributed by atoms with Crippen LogP contribution in [0.5, 0.6) is 0 Å². The molecule has 1 saturated heterocycles. The van der Waals surface area contributed by atoms with Crippen molar-refractivity contribution in [2.75, 3.05) is 23.3 Å². The van der Waals surface area contributed by atoms with E-state index in [1.807, 2.05) is 60.7 Å². The molecular formula is C23H24N2O2. The van der Waals surface area contributed by atoms with E-state index in [-0.39, 0.29) is 18.1 Å². The third kappa shape index (κ3) is 3.81. The molecule has 4 heteroatoms. The number of carbonyl (C=O) groups is 1. The van der Waals surface area contributed by atoms with Crippen LogP contribution in [-0.2, 0) is 4.74 Å². The van der Waals surface area contributed by atoms with E-state index in [2.05, 4.69) is 30.1 Å². The molecule has 1 amide bonds. The SMILES string of the molecule is CC1CN(c2ccccc2NC(=O)c2ccc3ccccc3c2)CC(C)O1. The second-order valence-electron chi connectivity index (χ2n) is 7.20. The van der Waals surface area contributed by atoms with Crippen molar-refractivity contribution in [3.05, 3.63) is 72.3 Å². The highest BCUT2D eigenvalue weighted by Gasteiger charge is 2.24. The summed E-state index contributed by atoms with van der Waals surface area (Å²) in [5, 5.41) is 5.29. The number of carbonyl (C=O) groups excluding carboxylic acids is 1. The molecule has 1 aliphatic heterocycles. The maximum atomic E-state index is 12.9. The minimum Gasteiger partial charge on any atom is -0.372 e. The molecule has 0 spiro atoms. The zero-order chi connectivity index (χ0) is 18.8. The van der Waals surface area contributed by atoms with Crippen molar-refractivity contribution in [2.24, 2.45) is 0 Å². The largest absolute Gasteiger partial charge is 0.372 e. The molecule has 27 heavy (non-hydrogen) atoms. The third-order valence-corrected chi connectivity index (χ3v) is 4.92. The molecule has 1 fully saturated rings. The molecule has 1 N–H and O–H groups in total. The van der Waals surface area contributed by atoms with E-state index in [4.69, 9.17) is 4.74 Å². The zero-order valence-corrected chi connectivity index (χ0v) is 15.7. The molecule has 3 aromatic rings. The fourth-order valence-electron chi connectivity index (χ4n) is 3.75. The summed E-state index contributed by atoms with van der Waals surface area (Å²) in [6.45, 7) is 5.79. The first-order valence-electron chi connectivity index (χ1n) is 9.40. The van der Waals surface area contributed by atoms with Gasteiger partial charge in [0, 0.05) is 18.7 Å². The fourth-order valence-corrected chi connectivity index (χ4v) is 3.75. The number of amides is 1. The number of anilines is 2. The maximum absolute atomic E-state index is 12.9. The van der Waals surface area contributed by atoms with E-state index in [9.17, 15) is 4.79 Å². The smallest absolute Gasteiger partial charge is 0.255 e. The average Bonchev–Trinajstić information content (AvgIpc) is 2.67. The maximum Gasteiger partial charge on any atom is 0.255 e. The van der Waals surface area contributed by atoms with Crippen molar-refractivity contribution in [3.8, 4) is 0 Å². The molecule has 0 aliphatic carbocycles. The van der Waals surface area contributed by atoms with Gasteiger partial charge in [0.25, 0.3) is 5.91 Å². The Hall–Kier alpha value is -2.85. The Kier molecular flexibility index (Phi) is 4.82. The Morgan fingerprint density at radius 2 is 1.59 bits per heavy atom. The molecule has 138 valence electrons. The van der Waals surface area contributed by atoms with Crippen molar-refractivity contribution in [3.63, 3.8) is 0 Å². The van der Waals surface area contributed by atoms with Gasteiger partial charge in [0.15, 0.2) is 0 Å². The Balaban J connectivity index is 1.59. The van der Waals surface area contributed by atoms with Gasteiger partial charge in [0.1, 0.15) is 0 Å². The summed E-state index contributed by atoms with van der Waals surface area (Å²) in [6.07, 6.45) is 0.330. The number of morpholine rings is 1. The first kappa shape index (κ1) is 17.6. The van der Waals surface area contributed by atoms with Crippen LogP contribution in [0.2, 0.25) is 0 Å². The van der Waals surface area contributed by atoms with Crippen LogP contribution >= 0.6 is 0 Å². The van der Waals surface area contributed by atoms with Crippen molar-refractivity contribution < 1.29 is 9.53 Å². The molecule has 0 bridgehead atoms. The van der Waals surface area contributed by atoms with Crippen LogP contribution < -0.4 is 10.2 Å². The number of para-hydroxylation sites is 2. The van der Waals surface area contributed by atoms with Gasteiger partial charge in [-0.1, -0.05) is 42.5 Å². The molecule has 2 unspecified atom stereocenters. The molecule has 1 aliphatic rings. The lowest BCUT2D eigenvalue weighted by Gasteiger charge is -2.37. The van der Waals surface area contributed by atoms with Crippen molar-refractivity contribution in [1.29, 1.82) is 0 Å². The summed E-state index contributed by atoms with van der Waals surface area (Å²) in [6, 6.07) is 21.8. The highest BCUT2D eigenvalue weighted by Crippen LogP contribution is 2.29. The van der Waals surface area contributed by atoms with Gasteiger partial charge in [-0.3, -0.25) is 4.79 Å². The first-order valence-corrected chi connectivity index (χ1v) is 9.40. The Morgan fingerprint density at radius 1 is 0.926 bits per heavy atom. The summed E-state index contributed by atoms with van der Waals surface area (Å²) in [5.41, 5.74) is 2.53. The van der Waals surface area contributed by atoms with E-state index in [0.29, 0.717) is 5.56 Å². The molecular weight excluding hydrogens is 336 g/mol. The minimum atomic E-state index is -0.0949. The normalized spacial score (nSPS) is 19.9. The minimum absolute atomic E-state index is 0.0949. The first-order chi connectivity index (χ1) is 13.1. The number of hydrogen-bond acceptors (Lipinski definition) is 3. The monoisotopic (exact) mass is 360 g/mol. The average molecular weight is 360 g/mol. The van der Waals surface area contributed by atoms with Gasteiger partial charge in [0.2, 0.25) is 0 Å². The van der Waals surface area contributed by atoms with E-state index < -0.39 is 0 Å². The van der Waals surface area contributed by atoms with Gasteiger partial charge in [-0.25, -0.2) is 0 Å². The molecule has 4 rings (SSSR count). The van der Waals surface area contributed by atoms with Crippen molar-refractivity contribution in [2.45, 2.75) is 26.1 Å². The van der Waals surface area contributed by atoms with Gasteiger partial charge >= 0.3 is 0 Å². The number of benzene rings is 3. The number of nitrogens with one attached hydrogen (secondary N) is 1. The van der Waals surface area contributed by atoms with Crippen LogP contribution in [0.3, 0.4) is 0 Å². The van der Waals surface area contributed by atoms with Gasteiger partial charge in [0.05, 0.1) is 23.6 Å². The van der Waals surface area contributed by atoms with Crippen LogP contribution in [0.25, 0.3) is 10.8 Å². The van der Waals surface area contributed by atoms with Crippen LogP contribution in [0.15, 0.2) is 66.7 Å². The third-order valence-electron chi connectivity index (χ3n) is 4.92. The number of nitrogens with zero attached hydrogens (tertiary/aromatic N) is 1. The van der Waals surface area contributed by atoms with Crippen LogP contribution in [0.4, 0.5) is 11.4 Å². The molecule has 0 radical (unpaired) electrons. The second-order valence-corrected chi connectivity index (χ2v) is 7.20.